The number of nitrogens with one attached hydrogen (secondary N) is 1. The summed E-state index contributed by atoms with van der Waals surface area (Å²) in [7, 11) is 0. The molecule has 4 rings (SSSR count). The van der Waals surface area contributed by atoms with E-state index < -0.39 is 0 Å². The Kier molecular flexibility index (Phi) is 3.92. The first-order valence-electron chi connectivity index (χ1n) is 8.78. The zero-order valence-electron chi connectivity index (χ0n) is 14.3. The molecule has 5 heteroatoms. The maximum atomic E-state index is 4.79. The Hall–Kier alpha value is -2.43. The molecule has 1 atom stereocenters. The average molecular weight is 321 g/mol. The molecule has 0 radical (unpaired) electrons. The summed E-state index contributed by atoms with van der Waals surface area (Å²) >= 11 is 0. The van der Waals surface area contributed by atoms with Gasteiger partial charge in [-0.15, -0.1) is 0 Å². The molecule has 3 heterocycles. The number of nitrogens with zero attached hydrogens (tertiary/aromatic N) is 4. The van der Waals surface area contributed by atoms with E-state index in [9.17, 15) is 0 Å². The minimum atomic E-state index is 0.374. The number of aryl methyl sites for hydroxylation is 3. The van der Waals surface area contributed by atoms with E-state index in [1.54, 1.807) is 0 Å². The highest BCUT2D eigenvalue weighted by atomic mass is 15.4. The first-order chi connectivity index (χ1) is 11.7. The van der Waals surface area contributed by atoms with Gasteiger partial charge in [0.2, 0.25) is 0 Å². The maximum Gasteiger partial charge on any atom is 0.147 e. The molecule has 124 valence electrons. The van der Waals surface area contributed by atoms with Gasteiger partial charge in [-0.3, -0.25) is 4.98 Å². The molecule has 1 aliphatic rings. The largest absolute Gasteiger partial charge is 0.380 e. The van der Waals surface area contributed by atoms with Gasteiger partial charge in [0.15, 0.2) is 0 Å². The Labute approximate surface area is 142 Å². The molecule has 0 fully saturated rings. The highest BCUT2D eigenvalue weighted by Gasteiger charge is 2.21. The zero-order valence-corrected chi connectivity index (χ0v) is 14.3. The van der Waals surface area contributed by atoms with Crippen molar-refractivity contribution in [2.24, 2.45) is 0 Å². The Balaban J connectivity index is 1.64. The summed E-state index contributed by atoms with van der Waals surface area (Å²) in [6.45, 7) is 5.02. The van der Waals surface area contributed by atoms with Gasteiger partial charge in [-0.25, -0.2) is 9.67 Å². The normalized spacial score (nSPS) is 17.0. The molecule has 1 aliphatic heterocycles. The first kappa shape index (κ1) is 15.1. The van der Waals surface area contributed by atoms with Gasteiger partial charge < -0.3 is 5.32 Å². The van der Waals surface area contributed by atoms with Gasteiger partial charge in [0, 0.05) is 29.2 Å². The van der Waals surface area contributed by atoms with Crippen molar-refractivity contribution in [2.75, 3.05) is 5.32 Å². The standard InChI is InChI=1S/C19H23N5/c1-3-6-14-11-18(16-7-4-5-8-17(16)21-14)22-15-9-10-19-20-13(2)23-24(19)12-15/h4-5,7-8,11,15H,3,6,9-10,12H2,1-2H3,(H,21,22). The lowest BCUT2D eigenvalue weighted by Gasteiger charge is -2.25. The monoisotopic (exact) mass is 321 g/mol. The van der Waals surface area contributed by atoms with Crippen LogP contribution in [0.3, 0.4) is 0 Å². The van der Waals surface area contributed by atoms with Crippen molar-refractivity contribution in [3.05, 3.63) is 47.7 Å². The van der Waals surface area contributed by atoms with Crippen molar-refractivity contribution in [2.45, 2.75) is 52.1 Å². The van der Waals surface area contributed by atoms with Crippen LogP contribution in [0.2, 0.25) is 0 Å². The summed E-state index contributed by atoms with van der Waals surface area (Å²) in [5, 5.41) is 9.44. The van der Waals surface area contributed by atoms with Crippen LogP contribution < -0.4 is 5.32 Å². The molecule has 0 saturated carbocycles. The minimum absolute atomic E-state index is 0.374. The van der Waals surface area contributed by atoms with E-state index >= 15 is 0 Å². The molecule has 5 nitrogen and oxygen atoms in total. The van der Waals surface area contributed by atoms with Crippen LogP contribution in [0.5, 0.6) is 0 Å². The van der Waals surface area contributed by atoms with E-state index in [-0.39, 0.29) is 0 Å². The lowest BCUT2D eigenvalue weighted by Crippen LogP contribution is -2.32. The number of benzene rings is 1. The summed E-state index contributed by atoms with van der Waals surface area (Å²) in [5.74, 6) is 1.97. The van der Waals surface area contributed by atoms with Crippen molar-refractivity contribution >= 4 is 16.6 Å². The van der Waals surface area contributed by atoms with Crippen molar-refractivity contribution < 1.29 is 0 Å². The third-order valence-electron chi connectivity index (χ3n) is 4.60. The SMILES string of the molecule is CCCc1cc(NC2CCc3nc(C)nn3C2)c2ccccc2n1. The number of rotatable bonds is 4. The van der Waals surface area contributed by atoms with Crippen molar-refractivity contribution in [1.29, 1.82) is 0 Å². The Morgan fingerprint density at radius 2 is 2.12 bits per heavy atom. The molecule has 3 aromatic rings. The number of anilines is 1. The van der Waals surface area contributed by atoms with Gasteiger partial charge in [-0.05, 0) is 31.9 Å². The number of aromatic nitrogens is 4. The molecule has 1 aromatic carbocycles. The van der Waals surface area contributed by atoms with E-state index in [0.29, 0.717) is 6.04 Å². The fraction of sp³-hybridized carbons (Fsp3) is 0.421. The quantitative estimate of drug-likeness (QED) is 0.799. The third-order valence-corrected chi connectivity index (χ3v) is 4.60. The predicted octanol–water partition coefficient (Wildman–Crippen LogP) is 3.51. The fourth-order valence-electron chi connectivity index (χ4n) is 3.51. The van der Waals surface area contributed by atoms with Gasteiger partial charge in [0.1, 0.15) is 11.6 Å². The lowest BCUT2D eigenvalue weighted by molar-refractivity contribution is 0.441. The number of para-hydroxylation sites is 1. The zero-order chi connectivity index (χ0) is 16.5. The van der Waals surface area contributed by atoms with Crippen molar-refractivity contribution in [3.8, 4) is 0 Å². The molecule has 0 amide bonds. The molecule has 24 heavy (non-hydrogen) atoms. The van der Waals surface area contributed by atoms with E-state index in [1.807, 2.05) is 11.6 Å². The van der Waals surface area contributed by atoms with Gasteiger partial charge in [-0.1, -0.05) is 31.5 Å². The van der Waals surface area contributed by atoms with Crippen LogP contribution in [0.15, 0.2) is 30.3 Å². The van der Waals surface area contributed by atoms with Crippen LogP contribution >= 0.6 is 0 Å². The summed E-state index contributed by atoms with van der Waals surface area (Å²) in [6, 6.07) is 11.0. The minimum Gasteiger partial charge on any atom is -0.380 e. The smallest absolute Gasteiger partial charge is 0.147 e. The van der Waals surface area contributed by atoms with E-state index in [0.717, 1.165) is 55.1 Å². The van der Waals surface area contributed by atoms with Crippen LogP contribution in [0.25, 0.3) is 10.9 Å². The number of hydrogen-bond acceptors (Lipinski definition) is 4. The van der Waals surface area contributed by atoms with E-state index in [4.69, 9.17) is 4.98 Å². The predicted molar refractivity (Wildman–Crippen MR) is 96.2 cm³/mol. The molecule has 2 aromatic heterocycles. The topological polar surface area (TPSA) is 55.6 Å². The summed E-state index contributed by atoms with van der Waals surface area (Å²) in [6.07, 6.45) is 4.17. The second-order valence-electron chi connectivity index (χ2n) is 6.57. The van der Waals surface area contributed by atoms with E-state index in [1.165, 1.54) is 11.1 Å². The molecule has 0 bridgehead atoms. The Bertz CT molecular complexity index is 867. The maximum absolute atomic E-state index is 4.79. The van der Waals surface area contributed by atoms with Crippen molar-refractivity contribution in [1.82, 2.24) is 19.7 Å². The Morgan fingerprint density at radius 1 is 1.25 bits per heavy atom. The number of pyridine rings is 1. The highest BCUT2D eigenvalue weighted by molar-refractivity contribution is 5.91. The average Bonchev–Trinajstić information content (AvgIpc) is 2.94. The molecular weight excluding hydrogens is 298 g/mol. The summed E-state index contributed by atoms with van der Waals surface area (Å²) in [5.41, 5.74) is 3.42. The van der Waals surface area contributed by atoms with Gasteiger partial charge in [-0.2, -0.15) is 5.10 Å². The Morgan fingerprint density at radius 3 is 3.00 bits per heavy atom. The second kappa shape index (κ2) is 6.23. The van der Waals surface area contributed by atoms with Crippen LogP contribution in [-0.2, 0) is 19.4 Å². The van der Waals surface area contributed by atoms with E-state index in [2.05, 4.69) is 52.7 Å². The first-order valence-corrected chi connectivity index (χ1v) is 8.78. The second-order valence-corrected chi connectivity index (χ2v) is 6.57. The number of fused-ring (bicyclic) bond motifs is 2. The van der Waals surface area contributed by atoms with Crippen molar-refractivity contribution in [3.63, 3.8) is 0 Å². The van der Waals surface area contributed by atoms with Crippen LogP contribution in [0.1, 0.15) is 37.1 Å². The van der Waals surface area contributed by atoms with Crippen LogP contribution in [0.4, 0.5) is 5.69 Å². The molecule has 1 unspecified atom stereocenters. The summed E-state index contributed by atoms with van der Waals surface area (Å²) in [4.78, 5) is 9.29. The summed E-state index contributed by atoms with van der Waals surface area (Å²) < 4.78 is 2.05. The van der Waals surface area contributed by atoms with Gasteiger partial charge >= 0.3 is 0 Å². The molecule has 0 spiro atoms. The highest BCUT2D eigenvalue weighted by Crippen LogP contribution is 2.26. The van der Waals surface area contributed by atoms with Gasteiger partial charge in [0.05, 0.1) is 12.1 Å². The molecular formula is C19H23N5. The molecule has 0 saturated heterocycles. The van der Waals surface area contributed by atoms with Crippen LogP contribution in [-0.4, -0.2) is 25.8 Å². The van der Waals surface area contributed by atoms with Crippen LogP contribution in [0, 0.1) is 6.92 Å². The number of hydrogen-bond donors (Lipinski definition) is 1. The van der Waals surface area contributed by atoms with Gasteiger partial charge in [0.25, 0.3) is 0 Å². The third kappa shape index (κ3) is 2.86. The molecule has 0 aliphatic carbocycles. The lowest BCUT2D eigenvalue weighted by atomic mass is 10.1. The molecule has 1 N–H and O–H groups in total. The fourth-order valence-corrected chi connectivity index (χ4v) is 3.51.